The largest absolute Gasteiger partial charge is 0.481 e. The first kappa shape index (κ1) is 21.3. The molecule has 0 saturated heterocycles. The highest BCUT2D eigenvalue weighted by Gasteiger charge is 2.33. The number of rotatable bonds is 5. The number of nitrogens with zero attached hydrogens (tertiary/aromatic N) is 4. The van der Waals surface area contributed by atoms with E-state index >= 15 is 0 Å². The van der Waals surface area contributed by atoms with Gasteiger partial charge in [-0.3, -0.25) is 4.79 Å². The molecule has 1 N–H and O–H groups in total. The minimum absolute atomic E-state index is 0.0809. The van der Waals surface area contributed by atoms with Gasteiger partial charge in [-0.15, -0.1) is 5.10 Å². The summed E-state index contributed by atoms with van der Waals surface area (Å²) in [5.74, 6) is -1.59. The minimum atomic E-state index is -0.934. The van der Waals surface area contributed by atoms with Crippen molar-refractivity contribution in [2.24, 2.45) is 0 Å². The molecule has 1 atom stereocenters. The molecule has 0 fully saturated rings. The molecule has 1 aliphatic rings. The molecule has 33 heavy (non-hydrogen) atoms. The smallest absolute Gasteiger partial charge is 0.307 e. The maximum absolute atomic E-state index is 14.9. The van der Waals surface area contributed by atoms with E-state index in [1.807, 2.05) is 23.1 Å². The molecule has 170 valence electrons. The van der Waals surface area contributed by atoms with Crippen LogP contribution in [-0.2, 0) is 29.6 Å². The van der Waals surface area contributed by atoms with Gasteiger partial charge in [0.2, 0.25) is 0 Å². The van der Waals surface area contributed by atoms with E-state index in [0.717, 1.165) is 23.4 Å². The standard InChI is InChI=1S/C25H24F2N4O2/c1-25(2,15-6-8-16(26)9-7-15)22-13-28-29-31(22)17-10-11-21-19(12-23(32)33)18-4-3-5-20(27)24(18)30(21)14-17/h3-9,13,17H,10-12,14H2,1-2H3,(H,32,33). The second-order valence-corrected chi connectivity index (χ2v) is 9.13. The van der Waals surface area contributed by atoms with E-state index in [1.165, 1.54) is 18.2 Å². The lowest BCUT2D eigenvalue weighted by atomic mass is 9.81. The van der Waals surface area contributed by atoms with E-state index in [1.54, 1.807) is 30.5 Å². The molecule has 6 nitrogen and oxygen atoms in total. The zero-order chi connectivity index (χ0) is 23.3. The summed E-state index contributed by atoms with van der Waals surface area (Å²) in [6.45, 7) is 4.54. The van der Waals surface area contributed by atoms with Crippen LogP contribution >= 0.6 is 0 Å². The number of carboxylic acids is 1. The second kappa shape index (κ2) is 7.79. The molecular weight excluding hydrogens is 426 g/mol. The number of fused-ring (bicyclic) bond motifs is 3. The summed E-state index contributed by atoms with van der Waals surface area (Å²) in [7, 11) is 0. The molecule has 0 spiro atoms. The number of hydrogen-bond acceptors (Lipinski definition) is 3. The highest BCUT2D eigenvalue weighted by Crippen LogP contribution is 2.38. The number of aromatic nitrogens is 4. The van der Waals surface area contributed by atoms with Crippen LogP contribution in [0.1, 0.15) is 48.8 Å². The van der Waals surface area contributed by atoms with Gasteiger partial charge in [-0.1, -0.05) is 43.3 Å². The van der Waals surface area contributed by atoms with Crippen LogP contribution in [-0.4, -0.2) is 30.6 Å². The van der Waals surface area contributed by atoms with Gasteiger partial charge in [0.05, 0.1) is 29.9 Å². The van der Waals surface area contributed by atoms with Gasteiger partial charge in [-0.05, 0) is 42.2 Å². The second-order valence-electron chi connectivity index (χ2n) is 9.13. The van der Waals surface area contributed by atoms with Gasteiger partial charge in [-0.25, -0.2) is 13.5 Å². The molecule has 5 rings (SSSR count). The van der Waals surface area contributed by atoms with Gasteiger partial charge < -0.3 is 9.67 Å². The van der Waals surface area contributed by atoms with Gasteiger partial charge >= 0.3 is 5.97 Å². The zero-order valence-electron chi connectivity index (χ0n) is 18.4. The van der Waals surface area contributed by atoms with Crippen molar-refractivity contribution in [2.75, 3.05) is 0 Å². The minimum Gasteiger partial charge on any atom is -0.481 e. The number of carbonyl (C=O) groups is 1. The monoisotopic (exact) mass is 450 g/mol. The van der Waals surface area contributed by atoms with Crippen molar-refractivity contribution in [3.63, 3.8) is 0 Å². The van der Waals surface area contributed by atoms with Gasteiger partial charge in [0.25, 0.3) is 0 Å². The van der Waals surface area contributed by atoms with Crippen molar-refractivity contribution < 1.29 is 18.7 Å². The van der Waals surface area contributed by atoms with E-state index < -0.39 is 11.4 Å². The number of aliphatic carboxylic acids is 1. The van der Waals surface area contributed by atoms with Crippen LogP contribution in [0.4, 0.5) is 8.78 Å². The molecule has 2 aromatic heterocycles. The van der Waals surface area contributed by atoms with Crippen LogP contribution < -0.4 is 0 Å². The van der Waals surface area contributed by atoms with E-state index in [2.05, 4.69) is 10.3 Å². The lowest BCUT2D eigenvalue weighted by molar-refractivity contribution is -0.136. The first-order valence-corrected chi connectivity index (χ1v) is 10.9. The van der Waals surface area contributed by atoms with Crippen LogP contribution in [0.5, 0.6) is 0 Å². The van der Waals surface area contributed by atoms with Gasteiger partial charge in [-0.2, -0.15) is 0 Å². The molecule has 0 amide bonds. The number of carboxylic acid groups (broad SMARTS) is 1. The third kappa shape index (κ3) is 3.50. The summed E-state index contributed by atoms with van der Waals surface area (Å²) in [6.07, 6.45) is 2.92. The fourth-order valence-corrected chi connectivity index (χ4v) is 5.10. The molecule has 0 saturated carbocycles. The SMILES string of the molecule is CC(C)(c1ccc(F)cc1)c1cnnn1C1CCc2c(CC(=O)O)c3cccc(F)c3n2C1. The first-order valence-electron chi connectivity index (χ1n) is 10.9. The van der Waals surface area contributed by atoms with Crippen molar-refractivity contribution in [2.45, 2.75) is 51.1 Å². The van der Waals surface area contributed by atoms with Gasteiger partial charge in [0.1, 0.15) is 11.6 Å². The van der Waals surface area contributed by atoms with Crippen molar-refractivity contribution in [3.8, 4) is 0 Å². The average Bonchev–Trinajstić information content (AvgIpc) is 3.38. The highest BCUT2D eigenvalue weighted by molar-refractivity contribution is 5.89. The van der Waals surface area contributed by atoms with Crippen molar-refractivity contribution in [1.82, 2.24) is 19.6 Å². The number of benzene rings is 2. The van der Waals surface area contributed by atoms with Crippen LogP contribution in [0.25, 0.3) is 10.9 Å². The Labute approximate surface area is 189 Å². The van der Waals surface area contributed by atoms with Gasteiger partial charge in [0, 0.05) is 23.0 Å². The van der Waals surface area contributed by atoms with Crippen LogP contribution in [0.3, 0.4) is 0 Å². The summed E-state index contributed by atoms with van der Waals surface area (Å²) in [6, 6.07) is 11.1. The van der Waals surface area contributed by atoms with Crippen LogP contribution in [0.15, 0.2) is 48.7 Å². The Bertz CT molecular complexity index is 1350. The normalized spacial score (nSPS) is 16.2. The molecule has 0 aliphatic carbocycles. The maximum Gasteiger partial charge on any atom is 0.307 e. The molecule has 4 aromatic rings. The van der Waals surface area contributed by atoms with E-state index in [-0.39, 0.29) is 24.1 Å². The summed E-state index contributed by atoms with van der Waals surface area (Å²) in [4.78, 5) is 11.5. The Hall–Kier alpha value is -3.55. The fourth-order valence-electron chi connectivity index (χ4n) is 5.10. The predicted molar refractivity (Wildman–Crippen MR) is 119 cm³/mol. The van der Waals surface area contributed by atoms with Crippen LogP contribution in [0, 0.1) is 11.6 Å². The summed E-state index contributed by atoms with van der Waals surface area (Å²) >= 11 is 0. The van der Waals surface area contributed by atoms with Gasteiger partial charge in [0.15, 0.2) is 0 Å². The molecule has 8 heteroatoms. The van der Waals surface area contributed by atoms with Crippen molar-refractivity contribution >= 4 is 16.9 Å². The molecule has 2 aromatic carbocycles. The average molecular weight is 450 g/mol. The number of hydrogen-bond donors (Lipinski definition) is 1. The summed E-state index contributed by atoms with van der Waals surface area (Å²) in [5, 5.41) is 18.6. The Morgan fingerprint density at radius 3 is 2.67 bits per heavy atom. The molecule has 3 heterocycles. The Morgan fingerprint density at radius 2 is 1.94 bits per heavy atom. The Balaban J connectivity index is 1.56. The highest BCUT2D eigenvalue weighted by atomic mass is 19.1. The topological polar surface area (TPSA) is 72.9 Å². The molecule has 0 bridgehead atoms. The molecule has 1 unspecified atom stereocenters. The molecule has 1 aliphatic heterocycles. The lowest BCUT2D eigenvalue weighted by Gasteiger charge is -2.31. The third-order valence-electron chi connectivity index (χ3n) is 6.82. The maximum atomic E-state index is 14.9. The van der Waals surface area contributed by atoms with E-state index in [9.17, 15) is 18.7 Å². The van der Waals surface area contributed by atoms with E-state index in [4.69, 9.17) is 0 Å². The van der Waals surface area contributed by atoms with E-state index in [0.29, 0.717) is 29.4 Å². The molecule has 0 radical (unpaired) electrons. The first-order chi connectivity index (χ1) is 15.8. The third-order valence-corrected chi connectivity index (χ3v) is 6.82. The van der Waals surface area contributed by atoms with Crippen molar-refractivity contribution in [3.05, 3.63) is 82.8 Å². The Kier molecular flexibility index (Phi) is 5.03. The molecular formula is C25H24F2N4O2. The Morgan fingerprint density at radius 1 is 1.18 bits per heavy atom. The number of halogens is 2. The lowest BCUT2D eigenvalue weighted by Crippen LogP contribution is -2.30. The quantitative estimate of drug-likeness (QED) is 0.480. The number of para-hydroxylation sites is 1. The fraction of sp³-hybridized carbons (Fsp3) is 0.320. The summed E-state index contributed by atoms with van der Waals surface area (Å²) < 4.78 is 32.1. The van der Waals surface area contributed by atoms with Crippen molar-refractivity contribution in [1.29, 1.82) is 0 Å². The summed E-state index contributed by atoms with van der Waals surface area (Å²) in [5.41, 5.74) is 3.33. The zero-order valence-corrected chi connectivity index (χ0v) is 18.4. The predicted octanol–water partition coefficient (Wildman–Crippen LogP) is 4.65. The van der Waals surface area contributed by atoms with Crippen LogP contribution in [0.2, 0.25) is 0 Å².